The Bertz CT molecular complexity index is 548. The van der Waals surface area contributed by atoms with E-state index >= 15 is 0 Å². The SMILES string of the molecule is COC(=O)C1CCN(C(=O)Nc2ccc(C#N)cc2)C1. The average molecular weight is 273 g/mol. The summed E-state index contributed by atoms with van der Waals surface area (Å²) in [4.78, 5) is 25.0. The number of hydrogen-bond acceptors (Lipinski definition) is 4. The number of anilines is 1. The van der Waals surface area contributed by atoms with E-state index in [2.05, 4.69) is 10.1 Å². The number of nitrogens with one attached hydrogen (secondary N) is 1. The molecule has 0 radical (unpaired) electrons. The van der Waals surface area contributed by atoms with Gasteiger partial charge in [-0.05, 0) is 30.7 Å². The number of nitrogens with zero attached hydrogens (tertiary/aromatic N) is 2. The van der Waals surface area contributed by atoms with Crippen LogP contribution >= 0.6 is 0 Å². The zero-order chi connectivity index (χ0) is 14.5. The monoisotopic (exact) mass is 273 g/mol. The van der Waals surface area contributed by atoms with Gasteiger partial charge in [0.15, 0.2) is 0 Å². The maximum atomic E-state index is 12.0. The number of carbonyl (C=O) groups is 2. The Morgan fingerprint density at radius 1 is 1.40 bits per heavy atom. The Morgan fingerprint density at radius 2 is 2.10 bits per heavy atom. The number of methoxy groups -OCH3 is 1. The van der Waals surface area contributed by atoms with Gasteiger partial charge in [0.05, 0.1) is 24.7 Å². The summed E-state index contributed by atoms with van der Waals surface area (Å²) in [7, 11) is 1.35. The minimum absolute atomic E-state index is 0.244. The molecule has 1 aliphatic heterocycles. The zero-order valence-electron chi connectivity index (χ0n) is 11.1. The second-order valence-electron chi connectivity index (χ2n) is 4.57. The molecule has 20 heavy (non-hydrogen) atoms. The van der Waals surface area contributed by atoms with Crippen LogP contribution in [0.5, 0.6) is 0 Å². The molecule has 1 heterocycles. The molecule has 0 spiro atoms. The number of amides is 2. The van der Waals surface area contributed by atoms with Crippen molar-refractivity contribution in [2.24, 2.45) is 5.92 Å². The molecule has 0 aromatic heterocycles. The average Bonchev–Trinajstić information content (AvgIpc) is 2.97. The third-order valence-corrected chi connectivity index (χ3v) is 3.28. The van der Waals surface area contributed by atoms with Crippen LogP contribution in [0.1, 0.15) is 12.0 Å². The van der Waals surface area contributed by atoms with Crippen LogP contribution in [0.25, 0.3) is 0 Å². The predicted molar refractivity (Wildman–Crippen MR) is 71.9 cm³/mol. The van der Waals surface area contributed by atoms with Crippen LogP contribution in [0.3, 0.4) is 0 Å². The molecule has 104 valence electrons. The number of hydrogen-bond donors (Lipinski definition) is 1. The van der Waals surface area contributed by atoms with Gasteiger partial charge in [-0.15, -0.1) is 0 Å². The van der Waals surface area contributed by atoms with Crippen LogP contribution < -0.4 is 5.32 Å². The van der Waals surface area contributed by atoms with Gasteiger partial charge in [-0.1, -0.05) is 0 Å². The molecular formula is C14H15N3O3. The number of urea groups is 1. The highest BCUT2D eigenvalue weighted by Gasteiger charge is 2.31. The number of benzene rings is 1. The van der Waals surface area contributed by atoms with Crippen molar-refractivity contribution in [1.82, 2.24) is 4.90 Å². The van der Waals surface area contributed by atoms with E-state index in [0.717, 1.165) is 0 Å². The Hall–Kier alpha value is -2.55. The van der Waals surface area contributed by atoms with Crippen molar-refractivity contribution in [3.8, 4) is 6.07 Å². The number of likely N-dealkylation sites (tertiary alicyclic amines) is 1. The normalized spacial score (nSPS) is 17.4. The first-order valence-electron chi connectivity index (χ1n) is 6.28. The fraction of sp³-hybridized carbons (Fsp3) is 0.357. The summed E-state index contributed by atoms with van der Waals surface area (Å²) in [6, 6.07) is 8.38. The molecule has 1 aliphatic rings. The molecule has 2 rings (SSSR count). The van der Waals surface area contributed by atoms with Crippen molar-refractivity contribution in [3.63, 3.8) is 0 Å². The molecule has 1 aromatic carbocycles. The van der Waals surface area contributed by atoms with Crippen molar-refractivity contribution in [1.29, 1.82) is 5.26 Å². The topological polar surface area (TPSA) is 82.4 Å². The molecule has 2 amide bonds. The van der Waals surface area contributed by atoms with Crippen LogP contribution in [-0.2, 0) is 9.53 Å². The van der Waals surface area contributed by atoms with Crippen LogP contribution in [0.15, 0.2) is 24.3 Å². The highest BCUT2D eigenvalue weighted by molar-refractivity contribution is 5.90. The minimum atomic E-state index is -0.279. The van der Waals surface area contributed by atoms with Gasteiger partial charge in [0.25, 0.3) is 0 Å². The molecule has 1 N–H and O–H groups in total. The highest BCUT2D eigenvalue weighted by Crippen LogP contribution is 2.19. The van der Waals surface area contributed by atoms with Gasteiger partial charge in [-0.2, -0.15) is 5.26 Å². The van der Waals surface area contributed by atoms with Gasteiger partial charge in [0.1, 0.15) is 0 Å². The lowest BCUT2D eigenvalue weighted by Crippen LogP contribution is -2.33. The number of esters is 1. The summed E-state index contributed by atoms with van der Waals surface area (Å²) in [5.41, 5.74) is 1.16. The van der Waals surface area contributed by atoms with E-state index in [9.17, 15) is 9.59 Å². The van der Waals surface area contributed by atoms with Gasteiger partial charge in [-0.3, -0.25) is 4.79 Å². The van der Waals surface area contributed by atoms with Crippen molar-refractivity contribution >= 4 is 17.7 Å². The molecule has 1 atom stereocenters. The molecule has 6 nitrogen and oxygen atoms in total. The Balaban J connectivity index is 1.92. The summed E-state index contributed by atoms with van der Waals surface area (Å²) in [6.07, 6.45) is 0.619. The molecule has 0 bridgehead atoms. The Kier molecular flexibility index (Phi) is 4.20. The summed E-state index contributed by atoms with van der Waals surface area (Å²) in [5, 5.41) is 11.4. The molecule has 0 saturated carbocycles. The molecule has 1 saturated heterocycles. The van der Waals surface area contributed by atoms with Crippen LogP contribution in [0.4, 0.5) is 10.5 Å². The van der Waals surface area contributed by atoms with Crippen LogP contribution in [-0.4, -0.2) is 37.1 Å². The second kappa shape index (κ2) is 6.06. The standard InChI is InChI=1S/C14H15N3O3/c1-20-13(18)11-6-7-17(9-11)14(19)16-12-4-2-10(8-15)3-5-12/h2-5,11H,6-7,9H2,1H3,(H,16,19). The number of carbonyl (C=O) groups excluding carboxylic acids is 2. The fourth-order valence-corrected chi connectivity index (χ4v) is 2.13. The van der Waals surface area contributed by atoms with Crippen LogP contribution in [0.2, 0.25) is 0 Å². The first kappa shape index (κ1) is 13.9. The van der Waals surface area contributed by atoms with E-state index in [4.69, 9.17) is 5.26 Å². The predicted octanol–water partition coefficient (Wildman–Crippen LogP) is 1.59. The van der Waals surface area contributed by atoms with Gasteiger partial charge >= 0.3 is 12.0 Å². The molecule has 0 aliphatic carbocycles. The smallest absolute Gasteiger partial charge is 0.321 e. The third kappa shape index (κ3) is 3.06. The fourth-order valence-electron chi connectivity index (χ4n) is 2.13. The number of rotatable bonds is 2. The summed E-state index contributed by atoms with van der Waals surface area (Å²) < 4.78 is 4.68. The zero-order valence-corrected chi connectivity index (χ0v) is 11.1. The summed E-state index contributed by atoms with van der Waals surface area (Å²) >= 11 is 0. The lowest BCUT2D eigenvalue weighted by Gasteiger charge is -2.17. The minimum Gasteiger partial charge on any atom is -0.469 e. The van der Waals surface area contributed by atoms with E-state index in [1.807, 2.05) is 6.07 Å². The van der Waals surface area contributed by atoms with Crippen molar-refractivity contribution in [2.75, 3.05) is 25.5 Å². The molecule has 1 aromatic rings. The number of nitriles is 1. The molecule has 1 unspecified atom stereocenters. The molecular weight excluding hydrogens is 258 g/mol. The quantitative estimate of drug-likeness (QED) is 0.829. The van der Waals surface area contributed by atoms with Gasteiger partial charge in [0, 0.05) is 18.8 Å². The Morgan fingerprint density at radius 3 is 2.70 bits per heavy atom. The summed E-state index contributed by atoms with van der Waals surface area (Å²) in [6.45, 7) is 0.899. The number of ether oxygens (including phenoxy) is 1. The van der Waals surface area contributed by atoms with E-state index in [-0.39, 0.29) is 17.9 Å². The van der Waals surface area contributed by atoms with Crippen molar-refractivity contribution in [2.45, 2.75) is 6.42 Å². The molecule has 1 fully saturated rings. The van der Waals surface area contributed by atoms with Gasteiger partial charge < -0.3 is 15.0 Å². The maximum absolute atomic E-state index is 12.0. The van der Waals surface area contributed by atoms with E-state index in [1.54, 1.807) is 29.2 Å². The largest absolute Gasteiger partial charge is 0.469 e. The van der Waals surface area contributed by atoms with Crippen molar-refractivity contribution < 1.29 is 14.3 Å². The van der Waals surface area contributed by atoms with E-state index in [0.29, 0.717) is 30.8 Å². The highest BCUT2D eigenvalue weighted by atomic mass is 16.5. The van der Waals surface area contributed by atoms with Gasteiger partial charge in [-0.25, -0.2) is 4.79 Å². The lowest BCUT2D eigenvalue weighted by atomic mass is 10.1. The van der Waals surface area contributed by atoms with E-state index in [1.165, 1.54) is 7.11 Å². The van der Waals surface area contributed by atoms with E-state index < -0.39 is 0 Å². The summed E-state index contributed by atoms with van der Waals surface area (Å²) in [5.74, 6) is -0.523. The first-order valence-corrected chi connectivity index (χ1v) is 6.28. The first-order chi connectivity index (χ1) is 9.63. The lowest BCUT2D eigenvalue weighted by molar-refractivity contribution is -0.144. The van der Waals surface area contributed by atoms with Crippen molar-refractivity contribution in [3.05, 3.63) is 29.8 Å². The van der Waals surface area contributed by atoms with Crippen LogP contribution in [0, 0.1) is 17.2 Å². The maximum Gasteiger partial charge on any atom is 0.321 e. The second-order valence-corrected chi connectivity index (χ2v) is 4.57. The molecule has 6 heteroatoms. The third-order valence-electron chi connectivity index (χ3n) is 3.28. The van der Waals surface area contributed by atoms with Gasteiger partial charge in [0.2, 0.25) is 0 Å². The Labute approximate surface area is 116 Å².